The molecule has 0 spiro atoms. The Kier molecular flexibility index (Phi) is 4.80. The van der Waals surface area contributed by atoms with E-state index in [1.807, 2.05) is 42.6 Å². The Morgan fingerprint density at radius 1 is 1.14 bits per heavy atom. The number of ether oxygens (including phenoxy) is 1. The van der Waals surface area contributed by atoms with Crippen molar-refractivity contribution in [3.05, 3.63) is 71.3 Å². The number of nitrogens with zero attached hydrogens (tertiary/aromatic N) is 3. The molecular formula is C21H20N4O3. The number of nitrogens with one attached hydrogen (secondary N) is 1. The van der Waals surface area contributed by atoms with Gasteiger partial charge < -0.3 is 14.6 Å². The molecule has 0 aliphatic rings. The van der Waals surface area contributed by atoms with Gasteiger partial charge in [-0.2, -0.15) is 5.10 Å². The number of aromatic nitrogens is 3. The van der Waals surface area contributed by atoms with Crippen LogP contribution in [0.3, 0.4) is 0 Å². The standard InChI is InChI=1S/C21H20N4O3/c1-28-17-6-7-19-15(12-17)8-10-24(19)11-9-22-20(26)14-25-21(27)18-5-3-2-4-16(18)13-23-25/h2-8,10,12-13H,9,11,14H2,1H3,(H,22,26). The van der Waals surface area contributed by atoms with Crippen molar-refractivity contribution in [3.63, 3.8) is 0 Å². The van der Waals surface area contributed by atoms with Crippen molar-refractivity contribution < 1.29 is 9.53 Å². The molecule has 0 atom stereocenters. The highest BCUT2D eigenvalue weighted by atomic mass is 16.5. The Hall–Kier alpha value is -3.61. The Labute approximate surface area is 161 Å². The lowest BCUT2D eigenvalue weighted by Gasteiger charge is -2.09. The van der Waals surface area contributed by atoms with Crippen LogP contribution in [0.5, 0.6) is 5.75 Å². The minimum atomic E-state index is -0.265. The van der Waals surface area contributed by atoms with Crippen LogP contribution >= 0.6 is 0 Å². The fourth-order valence-electron chi connectivity index (χ4n) is 3.25. The number of benzene rings is 2. The van der Waals surface area contributed by atoms with Crippen molar-refractivity contribution in [1.29, 1.82) is 0 Å². The van der Waals surface area contributed by atoms with E-state index in [1.165, 1.54) is 4.68 Å². The average Bonchev–Trinajstić information content (AvgIpc) is 3.12. The number of fused-ring (bicyclic) bond motifs is 2. The molecule has 2 heterocycles. The maximum atomic E-state index is 12.4. The van der Waals surface area contributed by atoms with Crippen molar-refractivity contribution in [2.45, 2.75) is 13.1 Å². The molecule has 0 saturated heterocycles. The van der Waals surface area contributed by atoms with Crippen LogP contribution in [0.4, 0.5) is 0 Å². The molecular weight excluding hydrogens is 356 g/mol. The summed E-state index contributed by atoms with van der Waals surface area (Å²) in [5.74, 6) is 0.565. The highest BCUT2D eigenvalue weighted by Crippen LogP contribution is 2.21. The molecule has 1 amide bonds. The summed E-state index contributed by atoms with van der Waals surface area (Å²) in [6.07, 6.45) is 3.58. The van der Waals surface area contributed by atoms with E-state index in [4.69, 9.17) is 4.74 Å². The zero-order chi connectivity index (χ0) is 19.5. The zero-order valence-electron chi connectivity index (χ0n) is 15.5. The van der Waals surface area contributed by atoms with E-state index in [9.17, 15) is 9.59 Å². The zero-order valence-corrected chi connectivity index (χ0v) is 15.5. The van der Waals surface area contributed by atoms with Gasteiger partial charge in [-0.15, -0.1) is 0 Å². The molecule has 0 aliphatic carbocycles. The van der Waals surface area contributed by atoms with Gasteiger partial charge in [-0.3, -0.25) is 9.59 Å². The summed E-state index contributed by atoms with van der Waals surface area (Å²) in [4.78, 5) is 24.7. The van der Waals surface area contributed by atoms with Crippen LogP contribution < -0.4 is 15.6 Å². The fraction of sp³-hybridized carbons (Fsp3) is 0.190. The number of hydrogen-bond donors (Lipinski definition) is 1. The molecule has 0 bridgehead atoms. The highest BCUT2D eigenvalue weighted by molar-refractivity contribution is 5.82. The Balaban J connectivity index is 1.39. The molecule has 1 N–H and O–H groups in total. The van der Waals surface area contributed by atoms with Crippen LogP contribution in [0, 0.1) is 0 Å². The normalized spacial score (nSPS) is 11.0. The Bertz CT molecular complexity index is 1210. The molecule has 7 heteroatoms. The van der Waals surface area contributed by atoms with Gasteiger partial charge in [0.05, 0.1) is 18.7 Å². The summed E-state index contributed by atoms with van der Waals surface area (Å²) in [5.41, 5.74) is 0.807. The smallest absolute Gasteiger partial charge is 0.275 e. The van der Waals surface area contributed by atoms with Crippen LogP contribution in [0.15, 0.2) is 65.7 Å². The van der Waals surface area contributed by atoms with Crippen LogP contribution in [-0.2, 0) is 17.9 Å². The second-order valence-electron chi connectivity index (χ2n) is 6.48. The number of amides is 1. The predicted octanol–water partition coefficient (Wildman–Crippen LogP) is 2.18. The SMILES string of the molecule is COc1ccc2c(ccn2CCNC(=O)Cn2ncc3ccccc3c2=O)c1. The molecule has 4 rings (SSSR count). The molecule has 0 unspecified atom stereocenters. The molecule has 0 saturated carbocycles. The summed E-state index contributed by atoms with van der Waals surface area (Å²) in [5, 5.41) is 9.34. The third-order valence-electron chi connectivity index (χ3n) is 4.71. The lowest BCUT2D eigenvalue weighted by molar-refractivity contribution is -0.121. The van der Waals surface area contributed by atoms with Gasteiger partial charge in [-0.1, -0.05) is 18.2 Å². The van der Waals surface area contributed by atoms with Gasteiger partial charge in [-0.25, -0.2) is 4.68 Å². The molecule has 0 aliphatic heterocycles. The van der Waals surface area contributed by atoms with Crippen molar-refractivity contribution in [2.75, 3.05) is 13.7 Å². The summed E-state index contributed by atoms with van der Waals surface area (Å²) >= 11 is 0. The molecule has 0 radical (unpaired) electrons. The number of methoxy groups -OCH3 is 1. The largest absolute Gasteiger partial charge is 0.497 e. The van der Waals surface area contributed by atoms with Crippen LogP contribution in [0.2, 0.25) is 0 Å². The summed E-state index contributed by atoms with van der Waals surface area (Å²) in [6.45, 7) is 0.978. The minimum Gasteiger partial charge on any atom is -0.497 e. The van der Waals surface area contributed by atoms with Gasteiger partial charge in [0.1, 0.15) is 12.3 Å². The lowest BCUT2D eigenvalue weighted by atomic mass is 10.2. The summed E-state index contributed by atoms with van der Waals surface area (Å²) < 4.78 is 8.49. The van der Waals surface area contributed by atoms with Crippen LogP contribution in [0.25, 0.3) is 21.7 Å². The van der Waals surface area contributed by atoms with Gasteiger partial charge in [0.15, 0.2) is 0 Å². The molecule has 0 fully saturated rings. The van der Waals surface area contributed by atoms with E-state index in [1.54, 1.807) is 25.4 Å². The highest BCUT2D eigenvalue weighted by Gasteiger charge is 2.08. The summed E-state index contributed by atoms with van der Waals surface area (Å²) in [7, 11) is 1.64. The molecule has 7 nitrogen and oxygen atoms in total. The van der Waals surface area contributed by atoms with E-state index < -0.39 is 0 Å². The van der Waals surface area contributed by atoms with E-state index in [0.717, 1.165) is 22.0 Å². The fourth-order valence-corrected chi connectivity index (χ4v) is 3.25. The Morgan fingerprint density at radius 3 is 2.86 bits per heavy atom. The van der Waals surface area contributed by atoms with Gasteiger partial charge in [0.25, 0.3) is 5.56 Å². The quantitative estimate of drug-likeness (QED) is 0.559. The summed E-state index contributed by atoms with van der Waals surface area (Å²) in [6, 6.07) is 15.1. The first-order valence-corrected chi connectivity index (χ1v) is 9.00. The van der Waals surface area contributed by atoms with Crippen molar-refractivity contribution >= 4 is 27.6 Å². The van der Waals surface area contributed by atoms with E-state index in [0.29, 0.717) is 18.5 Å². The Morgan fingerprint density at radius 2 is 2.00 bits per heavy atom. The van der Waals surface area contributed by atoms with Gasteiger partial charge in [0.2, 0.25) is 5.91 Å². The minimum absolute atomic E-state index is 0.104. The van der Waals surface area contributed by atoms with E-state index in [-0.39, 0.29) is 18.0 Å². The first kappa shape index (κ1) is 17.8. The van der Waals surface area contributed by atoms with Gasteiger partial charge in [-0.05, 0) is 30.3 Å². The first-order chi connectivity index (χ1) is 13.7. The lowest BCUT2D eigenvalue weighted by Crippen LogP contribution is -2.35. The second-order valence-corrected chi connectivity index (χ2v) is 6.48. The third kappa shape index (κ3) is 3.46. The maximum absolute atomic E-state index is 12.4. The molecule has 4 aromatic rings. The predicted molar refractivity (Wildman–Crippen MR) is 108 cm³/mol. The average molecular weight is 376 g/mol. The molecule has 142 valence electrons. The number of carbonyl (C=O) groups excluding carboxylic acids is 1. The van der Waals surface area contributed by atoms with Crippen molar-refractivity contribution in [2.24, 2.45) is 0 Å². The number of rotatable bonds is 6. The molecule has 2 aromatic heterocycles. The van der Waals surface area contributed by atoms with E-state index in [2.05, 4.69) is 15.0 Å². The third-order valence-corrected chi connectivity index (χ3v) is 4.71. The van der Waals surface area contributed by atoms with E-state index >= 15 is 0 Å². The van der Waals surface area contributed by atoms with Crippen LogP contribution in [0.1, 0.15) is 0 Å². The van der Waals surface area contributed by atoms with Crippen molar-refractivity contribution in [3.8, 4) is 5.75 Å². The van der Waals surface area contributed by atoms with Crippen LogP contribution in [-0.4, -0.2) is 33.9 Å². The topological polar surface area (TPSA) is 78.2 Å². The van der Waals surface area contributed by atoms with Crippen molar-refractivity contribution in [1.82, 2.24) is 19.7 Å². The number of hydrogen-bond acceptors (Lipinski definition) is 4. The maximum Gasteiger partial charge on any atom is 0.275 e. The molecule has 28 heavy (non-hydrogen) atoms. The van der Waals surface area contributed by atoms with Gasteiger partial charge in [0, 0.05) is 35.6 Å². The monoisotopic (exact) mass is 376 g/mol. The van der Waals surface area contributed by atoms with Gasteiger partial charge >= 0.3 is 0 Å². The second kappa shape index (κ2) is 7.56. The molecule has 2 aromatic carbocycles. The first-order valence-electron chi connectivity index (χ1n) is 9.00. The number of carbonyl (C=O) groups is 1.